The van der Waals surface area contributed by atoms with Crippen molar-refractivity contribution in [2.24, 2.45) is 0 Å². The topological polar surface area (TPSA) is 137 Å². The summed E-state index contributed by atoms with van der Waals surface area (Å²) in [6.45, 7) is -0.459. The lowest BCUT2D eigenvalue weighted by Crippen LogP contribution is -2.81. The first kappa shape index (κ1) is 27.6. The molecule has 0 aliphatic carbocycles. The maximum absolute atomic E-state index is 13.4. The lowest BCUT2D eigenvalue weighted by molar-refractivity contribution is -0.384. The number of esters is 1. The Morgan fingerprint density at radius 3 is 2.55 bits per heavy atom. The van der Waals surface area contributed by atoms with E-state index in [2.05, 4.69) is 21.2 Å². The van der Waals surface area contributed by atoms with Crippen LogP contribution in [0.15, 0.2) is 65.9 Å². The first-order valence-electron chi connectivity index (χ1n) is 11.5. The average Bonchev–Trinajstić information content (AvgIpc) is 2.94. The first-order chi connectivity index (χ1) is 18.3. The number of amides is 2. The van der Waals surface area contributed by atoms with E-state index in [1.807, 2.05) is 6.07 Å². The molecule has 2 aromatic rings. The smallest absolute Gasteiger partial charge is 0.355 e. The van der Waals surface area contributed by atoms with E-state index < -0.39 is 33.8 Å². The molecule has 0 bridgehead atoms. The van der Waals surface area contributed by atoms with E-state index in [1.165, 1.54) is 48.0 Å². The summed E-state index contributed by atoms with van der Waals surface area (Å²) in [5, 5.41) is 13.4. The monoisotopic (exact) mass is 605 g/mol. The molecule has 2 heterocycles. The number of nitrogens with zero attached hydrogens (tertiary/aromatic N) is 2. The van der Waals surface area contributed by atoms with E-state index >= 15 is 0 Å². The molecule has 0 spiro atoms. The molecule has 2 aliphatic rings. The first-order valence-corrected chi connectivity index (χ1v) is 13.7. The van der Waals surface area contributed by atoms with Gasteiger partial charge in [0.2, 0.25) is 0 Å². The third kappa shape index (κ3) is 5.54. The van der Waals surface area contributed by atoms with Crippen LogP contribution in [0.3, 0.4) is 0 Å². The van der Waals surface area contributed by atoms with Gasteiger partial charge in [0, 0.05) is 30.3 Å². The minimum Gasteiger partial charge on any atom is -0.484 e. The fraction of sp³-hybridized carbons (Fsp3) is 0.320. The van der Waals surface area contributed by atoms with Gasteiger partial charge in [0.1, 0.15) is 23.4 Å². The van der Waals surface area contributed by atoms with Crippen LogP contribution in [0, 0.1) is 10.1 Å². The zero-order valence-electron chi connectivity index (χ0n) is 20.3. The highest BCUT2D eigenvalue weighted by atomic mass is 79.9. The Morgan fingerprint density at radius 1 is 1.21 bits per heavy atom. The van der Waals surface area contributed by atoms with Gasteiger partial charge in [0.15, 0.2) is 6.61 Å². The minimum absolute atomic E-state index is 0.0761. The van der Waals surface area contributed by atoms with Gasteiger partial charge in [-0.25, -0.2) is 4.79 Å². The van der Waals surface area contributed by atoms with Crippen LogP contribution in [0.1, 0.15) is 12.0 Å². The second-order valence-electron chi connectivity index (χ2n) is 8.32. The zero-order valence-corrected chi connectivity index (χ0v) is 22.7. The van der Waals surface area contributed by atoms with Crippen molar-refractivity contribution in [3.63, 3.8) is 0 Å². The van der Waals surface area contributed by atoms with E-state index in [1.54, 1.807) is 24.3 Å². The fourth-order valence-corrected chi connectivity index (χ4v) is 6.04. The van der Waals surface area contributed by atoms with E-state index in [0.717, 1.165) is 0 Å². The molecule has 1 unspecified atom stereocenters. The molecule has 0 saturated carbocycles. The van der Waals surface area contributed by atoms with Gasteiger partial charge in [-0.3, -0.25) is 24.6 Å². The molecule has 11 nitrogen and oxygen atoms in total. The number of para-hydroxylation sites is 1. The lowest BCUT2D eigenvalue weighted by atomic mass is 9.97. The summed E-state index contributed by atoms with van der Waals surface area (Å²) in [4.78, 5) is 50.9. The number of methoxy groups -OCH3 is 1. The van der Waals surface area contributed by atoms with Gasteiger partial charge in [-0.05, 0) is 41.8 Å². The average molecular weight is 606 g/mol. The summed E-state index contributed by atoms with van der Waals surface area (Å²) < 4.78 is 16.5. The summed E-state index contributed by atoms with van der Waals surface area (Å²) in [6, 6.07) is 14.4. The van der Waals surface area contributed by atoms with Crippen LogP contribution in [0.5, 0.6) is 5.75 Å². The number of carbonyl (C=O) groups is 3. The number of nitro benzene ring substituents is 1. The Balaban J connectivity index is 1.47. The molecule has 4 rings (SSSR count). The summed E-state index contributed by atoms with van der Waals surface area (Å²) in [7, 11) is 1.32. The number of alkyl halides is 1. The second kappa shape index (κ2) is 12.0. The Labute approximate surface area is 230 Å². The predicted octanol–water partition coefficient (Wildman–Crippen LogP) is 3.13. The van der Waals surface area contributed by atoms with Crippen molar-refractivity contribution in [3.05, 3.63) is 81.5 Å². The number of fused-ring (bicyclic) bond motifs is 1. The number of hydrogen-bond acceptors (Lipinski definition) is 9. The van der Waals surface area contributed by atoms with Gasteiger partial charge in [-0.15, -0.1) is 11.8 Å². The molecule has 2 amide bonds. The fourth-order valence-electron chi connectivity index (χ4n) is 4.08. The molecule has 200 valence electrons. The van der Waals surface area contributed by atoms with Gasteiger partial charge in [0.05, 0.1) is 4.92 Å². The molecule has 1 saturated heterocycles. The quantitative estimate of drug-likeness (QED) is 0.102. The van der Waals surface area contributed by atoms with Crippen molar-refractivity contribution < 1.29 is 33.5 Å². The molecule has 0 radical (unpaired) electrons. The number of nitro groups is 1. The van der Waals surface area contributed by atoms with Gasteiger partial charge in [-0.2, -0.15) is 0 Å². The maximum atomic E-state index is 13.4. The number of carbonyl (C=O) groups excluding carboxylic acids is 3. The molecule has 1 fully saturated rings. The summed E-state index contributed by atoms with van der Waals surface area (Å²) in [6.07, 6.45) is 0.503. The molecular weight excluding hydrogens is 582 g/mol. The van der Waals surface area contributed by atoms with E-state index in [-0.39, 0.29) is 24.6 Å². The predicted molar refractivity (Wildman–Crippen MR) is 141 cm³/mol. The third-order valence-electron chi connectivity index (χ3n) is 5.98. The Bertz CT molecular complexity index is 1260. The summed E-state index contributed by atoms with van der Waals surface area (Å²) >= 11 is 4.75. The standard InChI is InChI=1S/C25H24BrN3O8S/c1-35-25(27-20(30)14-36-19-5-3-2-4-6-19)23(32)28-21(17(11-12-26)15-38-24(25)28)22(31)37-13-16-7-9-18(10-8-16)29(33)34/h2-10,24H,11-15H2,1H3,(H,27,30)/t24-,25?/m0/s1. The molecule has 38 heavy (non-hydrogen) atoms. The van der Waals surface area contributed by atoms with Crippen molar-refractivity contribution in [1.29, 1.82) is 0 Å². The van der Waals surface area contributed by atoms with Gasteiger partial charge >= 0.3 is 5.97 Å². The Kier molecular flexibility index (Phi) is 8.69. The molecule has 1 N–H and O–H groups in total. The highest BCUT2D eigenvalue weighted by Crippen LogP contribution is 2.47. The number of thioether (sulfide) groups is 1. The highest BCUT2D eigenvalue weighted by Gasteiger charge is 2.66. The number of halogens is 1. The van der Waals surface area contributed by atoms with E-state index in [4.69, 9.17) is 14.2 Å². The van der Waals surface area contributed by atoms with Crippen molar-refractivity contribution >= 4 is 51.2 Å². The SMILES string of the molecule is COC1(NC(=O)COc2ccccc2)C(=O)N2C(C(=O)OCc3ccc([N+](=O)[O-])cc3)=C(CCBr)CS[C@H]21. The van der Waals surface area contributed by atoms with Gasteiger partial charge in [0.25, 0.3) is 23.2 Å². The van der Waals surface area contributed by atoms with Crippen molar-refractivity contribution in [1.82, 2.24) is 10.2 Å². The number of rotatable bonds is 11. The van der Waals surface area contributed by atoms with Crippen molar-refractivity contribution in [2.75, 3.05) is 24.8 Å². The van der Waals surface area contributed by atoms with Crippen LogP contribution in [0.4, 0.5) is 5.69 Å². The van der Waals surface area contributed by atoms with Crippen LogP contribution >= 0.6 is 27.7 Å². The van der Waals surface area contributed by atoms with Gasteiger partial charge in [-0.1, -0.05) is 34.1 Å². The molecular formula is C25H24BrN3O8S. The minimum atomic E-state index is -1.66. The van der Waals surface area contributed by atoms with E-state index in [9.17, 15) is 24.5 Å². The van der Waals surface area contributed by atoms with Crippen LogP contribution in [0.25, 0.3) is 0 Å². The van der Waals surface area contributed by atoms with Crippen molar-refractivity contribution in [3.8, 4) is 5.75 Å². The third-order valence-corrected chi connectivity index (χ3v) is 7.75. The van der Waals surface area contributed by atoms with Crippen LogP contribution in [-0.4, -0.2) is 63.5 Å². The maximum Gasteiger partial charge on any atom is 0.355 e. The highest BCUT2D eigenvalue weighted by molar-refractivity contribution is 9.09. The number of β-lactam (4-membered cyclic amide) rings is 1. The number of ether oxygens (including phenoxy) is 3. The normalized spacial score (nSPS) is 20.3. The number of benzene rings is 2. The zero-order chi connectivity index (χ0) is 27.3. The molecule has 0 aromatic heterocycles. The summed E-state index contributed by atoms with van der Waals surface area (Å²) in [5.41, 5.74) is -0.352. The molecule has 2 aromatic carbocycles. The van der Waals surface area contributed by atoms with Gasteiger partial charge < -0.3 is 19.5 Å². The van der Waals surface area contributed by atoms with Crippen LogP contribution in [0.2, 0.25) is 0 Å². The Morgan fingerprint density at radius 2 is 1.92 bits per heavy atom. The Hall–Kier alpha value is -3.42. The van der Waals surface area contributed by atoms with Crippen molar-refractivity contribution in [2.45, 2.75) is 24.1 Å². The summed E-state index contributed by atoms with van der Waals surface area (Å²) in [5.74, 6) is -0.935. The number of non-ortho nitro benzene ring substituents is 1. The largest absolute Gasteiger partial charge is 0.484 e. The lowest BCUT2D eigenvalue weighted by Gasteiger charge is -2.56. The van der Waals surface area contributed by atoms with E-state index in [0.29, 0.717) is 34.4 Å². The molecule has 2 atom stereocenters. The molecule has 2 aliphatic heterocycles. The number of hydrogen-bond donors (Lipinski definition) is 1. The second-order valence-corrected chi connectivity index (χ2v) is 10.2. The number of nitrogens with one attached hydrogen (secondary N) is 1. The van der Waals surface area contributed by atoms with Crippen LogP contribution in [-0.2, 0) is 30.5 Å². The molecule has 13 heteroatoms. The van der Waals surface area contributed by atoms with Crippen LogP contribution < -0.4 is 10.1 Å².